The molecule has 0 bridgehead atoms. The van der Waals surface area contributed by atoms with Crippen molar-refractivity contribution in [3.63, 3.8) is 0 Å². The van der Waals surface area contributed by atoms with E-state index in [1.807, 2.05) is 48.5 Å². The van der Waals surface area contributed by atoms with Gasteiger partial charge in [-0.25, -0.2) is 4.98 Å². The largest absolute Gasteiger partial charge is 0.319 e. The SMILES string of the molecule is CC(C)c1ccc(/C=C(/C(=O)c2ccccc2)c2nc3ccccc3[nH]c2=O)cc1. The molecule has 0 unspecified atom stereocenters. The smallest absolute Gasteiger partial charge is 0.275 e. The maximum Gasteiger partial charge on any atom is 0.275 e. The normalized spacial score (nSPS) is 11.8. The number of H-pyrrole nitrogens is 1. The Morgan fingerprint density at radius 2 is 1.57 bits per heavy atom. The molecule has 0 saturated heterocycles. The number of allylic oxidation sites excluding steroid dienone is 1. The van der Waals surface area contributed by atoms with E-state index < -0.39 is 0 Å². The Morgan fingerprint density at radius 3 is 2.27 bits per heavy atom. The Hall–Kier alpha value is -3.79. The molecule has 0 aliphatic carbocycles. The third kappa shape index (κ3) is 3.98. The lowest BCUT2D eigenvalue weighted by atomic mass is 9.96. The van der Waals surface area contributed by atoms with Gasteiger partial charge in [0.2, 0.25) is 0 Å². The second-order valence-electron chi connectivity index (χ2n) is 7.51. The molecule has 1 N–H and O–H groups in total. The van der Waals surface area contributed by atoms with Crippen LogP contribution in [0.4, 0.5) is 0 Å². The highest BCUT2D eigenvalue weighted by atomic mass is 16.1. The first kappa shape index (κ1) is 19.5. The average Bonchev–Trinajstić information content (AvgIpc) is 2.77. The third-order valence-corrected chi connectivity index (χ3v) is 5.05. The van der Waals surface area contributed by atoms with Crippen LogP contribution in [0.2, 0.25) is 0 Å². The Morgan fingerprint density at radius 1 is 0.900 bits per heavy atom. The number of rotatable bonds is 5. The second-order valence-corrected chi connectivity index (χ2v) is 7.51. The summed E-state index contributed by atoms with van der Waals surface area (Å²) < 4.78 is 0. The van der Waals surface area contributed by atoms with Crippen LogP contribution in [0.15, 0.2) is 83.7 Å². The highest BCUT2D eigenvalue weighted by molar-refractivity contribution is 6.32. The molecule has 4 rings (SSSR count). The number of hydrogen-bond donors (Lipinski definition) is 1. The Bertz CT molecular complexity index is 1280. The molecule has 0 aliphatic heterocycles. The third-order valence-electron chi connectivity index (χ3n) is 5.05. The van der Waals surface area contributed by atoms with Crippen LogP contribution in [0, 0.1) is 0 Å². The number of ketones is 1. The molecule has 0 atom stereocenters. The van der Waals surface area contributed by atoms with Gasteiger partial charge in [0.1, 0.15) is 5.69 Å². The van der Waals surface area contributed by atoms with Crippen molar-refractivity contribution in [3.8, 4) is 0 Å². The number of nitrogens with zero attached hydrogens (tertiary/aromatic N) is 1. The van der Waals surface area contributed by atoms with Crippen LogP contribution < -0.4 is 5.56 Å². The molecule has 3 aromatic carbocycles. The number of aromatic amines is 1. The number of carbonyl (C=O) groups is 1. The Labute approximate surface area is 174 Å². The van der Waals surface area contributed by atoms with Gasteiger partial charge in [-0.1, -0.05) is 80.6 Å². The highest BCUT2D eigenvalue weighted by Gasteiger charge is 2.19. The fraction of sp³-hybridized carbons (Fsp3) is 0.115. The summed E-state index contributed by atoms with van der Waals surface area (Å²) in [4.78, 5) is 33.6. The number of Topliss-reactive ketones (excluding diaryl/α,β-unsaturated/α-hetero) is 1. The number of para-hydroxylation sites is 2. The molecule has 0 fully saturated rings. The fourth-order valence-corrected chi connectivity index (χ4v) is 3.34. The first-order valence-corrected chi connectivity index (χ1v) is 9.94. The first-order chi connectivity index (χ1) is 14.5. The summed E-state index contributed by atoms with van der Waals surface area (Å²) in [6, 6.07) is 24.3. The van der Waals surface area contributed by atoms with E-state index in [4.69, 9.17) is 0 Å². The van der Waals surface area contributed by atoms with Crippen LogP contribution in [0.3, 0.4) is 0 Å². The van der Waals surface area contributed by atoms with E-state index >= 15 is 0 Å². The lowest BCUT2D eigenvalue weighted by Crippen LogP contribution is -2.18. The van der Waals surface area contributed by atoms with E-state index in [0.29, 0.717) is 22.5 Å². The van der Waals surface area contributed by atoms with Crippen molar-refractivity contribution in [2.45, 2.75) is 19.8 Å². The molecule has 1 heterocycles. The zero-order valence-electron chi connectivity index (χ0n) is 16.9. The van der Waals surface area contributed by atoms with Gasteiger partial charge in [0.15, 0.2) is 5.78 Å². The van der Waals surface area contributed by atoms with Gasteiger partial charge in [0, 0.05) is 5.56 Å². The zero-order chi connectivity index (χ0) is 21.1. The van der Waals surface area contributed by atoms with E-state index in [2.05, 4.69) is 23.8 Å². The van der Waals surface area contributed by atoms with E-state index in [1.54, 1.807) is 36.4 Å². The van der Waals surface area contributed by atoms with Gasteiger partial charge in [-0.3, -0.25) is 9.59 Å². The van der Waals surface area contributed by atoms with E-state index in [1.165, 1.54) is 5.56 Å². The minimum atomic E-state index is -0.386. The first-order valence-electron chi connectivity index (χ1n) is 9.94. The van der Waals surface area contributed by atoms with Crippen LogP contribution in [-0.4, -0.2) is 15.8 Å². The lowest BCUT2D eigenvalue weighted by molar-refractivity contribution is 0.105. The average molecular weight is 394 g/mol. The standard InChI is InChI=1S/C26H22N2O2/c1-17(2)19-14-12-18(13-15-19)16-21(25(29)20-8-4-3-5-9-20)24-26(30)28-23-11-7-6-10-22(23)27-24/h3-17H,1-2H3,(H,28,30)/b21-16+. The monoisotopic (exact) mass is 394 g/mol. The van der Waals surface area contributed by atoms with Crippen molar-refractivity contribution in [3.05, 3.63) is 112 Å². The van der Waals surface area contributed by atoms with E-state index in [0.717, 1.165) is 5.56 Å². The minimum absolute atomic E-state index is 0.121. The predicted octanol–water partition coefficient (Wildman–Crippen LogP) is 5.47. The molecule has 0 spiro atoms. The number of carbonyl (C=O) groups excluding carboxylic acids is 1. The number of aromatic nitrogens is 2. The molecule has 0 radical (unpaired) electrons. The van der Waals surface area contributed by atoms with Crippen molar-refractivity contribution in [2.75, 3.05) is 0 Å². The van der Waals surface area contributed by atoms with Crippen LogP contribution in [0.1, 0.15) is 46.9 Å². The van der Waals surface area contributed by atoms with Gasteiger partial charge in [-0.2, -0.15) is 0 Å². The number of hydrogen-bond acceptors (Lipinski definition) is 3. The maximum atomic E-state index is 13.4. The quantitative estimate of drug-likeness (QED) is 0.361. The number of nitrogens with one attached hydrogen (secondary N) is 1. The summed E-state index contributed by atoms with van der Waals surface area (Å²) in [5, 5.41) is 0. The molecule has 4 aromatic rings. The van der Waals surface area contributed by atoms with Gasteiger partial charge in [-0.15, -0.1) is 0 Å². The van der Waals surface area contributed by atoms with Crippen LogP contribution in [0.5, 0.6) is 0 Å². The molecule has 4 nitrogen and oxygen atoms in total. The molecule has 1 aromatic heterocycles. The van der Waals surface area contributed by atoms with Crippen molar-refractivity contribution >= 4 is 28.5 Å². The summed E-state index contributed by atoms with van der Waals surface area (Å²) in [6.45, 7) is 4.27. The predicted molar refractivity (Wildman–Crippen MR) is 122 cm³/mol. The Kier molecular flexibility index (Phi) is 5.40. The molecule has 0 amide bonds. The fourth-order valence-electron chi connectivity index (χ4n) is 3.34. The van der Waals surface area contributed by atoms with E-state index in [9.17, 15) is 9.59 Å². The molecule has 30 heavy (non-hydrogen) atoms. The van der Waals surface area contributed by atoms with Crippen molar-refractivity contribution < 1.29 is 4.79 Å². The zero-order valence-corrected chi connectivity index (χ0v) is 16.9. The highest BCUT2D eigenvalue weighted by Crippen LogP contribution is 2.22. The lowest BCUT2D eigenvalue weighted by Gasteiger charge is -2.09. The molecular formula is C26H22N2O2. The van der Waals surface area contributed by atoms with Crippen LogP contribution in [-0.2, 0) is 0 Å². The molecule has 0 aliphatic rings. The summed E-state index contributed by atoms with van der Waals surface area (Å²) >= 11 is 0. The van der Waals surface area contributed by atoms with E-state index in [-0.39, 0.29) is 22.6 Å². The van der Waals surface area contributed by atoms with Crippen LogP contribution >= 0.6 is 0 Å². The summed E-state index contributed by atoms with van der Waals surface area (Å²) in [5.41, 5.74) is 3.84. The van der Waals surface area contributed by atoms with Gasteiger partial charge < -0.3 is 4.98 Å². The molecule has 0 saturated carbocycles. The van der Waals surface area contributed by atoms with Gasteiger partial charge in [0.25, 0.3) is 5.56 Å². The molecule has 4 heteroatoms. The van der Waals surface area contributed by atoms with Crippen LogP contribution in [0.25, 0.3) is 22.7 Å². The summed E-state index contributed by atoms with van der Waals surface area (Å²) in [6.07, 6.45) is 1.74. The van der Waals surface area contributed by atoms with Gasteiger partial charge >= 0.3 is 0 Å². The second kappa shape index (κ2) is 8.29. The van der Waals surface area contributed by atoms with Crippen molar-refractivity contribution in [1.29, 1.82) is 0 Å². The van der Waals surface area contributed by atoms with Crippen molar-refractivity contribution in [1.82, 2.24) is 9.97 Å². The number of benzene rings is 3. The molecular weight excluding hydrogens is 372 g/mol. The summed E-state index contributed by atoms with van der Waals surface area (Å²) in [5.74, 6) is 0.176. The number of fused-ring (bicyclic) bond motifs is 1. The maximum absolute atomic E-state index is 13.4. The Balaban J connectivity index is 1.89. The van der Waals surface area contributed by atoms with Crippen molar-refractivity contribution in [2.24, 2.45) is 0 Å². The van der Waals surface area contributed by atoms with Gasteiger partial charge in [-0.05, 0) is 35.3 Å². The topological polar surface area (TPSA) is 62.8 Å². The molecule has 148 valence electrons. The minimum Gasteiger partial charge on any atom is -0.319 e. The van der Waals surface area contributed by atoms with Gasteiger partial charge in [0.05, 0.1) is 16.6 Å². The summed E-state index contributed by atoms with van der Waals surface area (Å²) in [7, 11) is 0.